The fourth-order valence-corrected chi connectivity index (χ4v) is 4.95. The van der Waals surface area contributed by atoms with Crippen LogP contribution in [0.4, 0.5) is 0 Å². The van der Waals surface area contributed by atoms with E-state index in [1.807, 2.05) is 9.80 Å². The van der Waals surface area contributed by atoms with Gasteiger partial charge in [-0.05, 0) is 43.9 Å². The van der Waals surface area contributed by atoms with Crippen molar-refractivity contribution in [2.45, 2.75) is 31.7 Å². The zero-order valence-corrected chi connectivity index (χ0v) is 19.1. The summed E-state index contributed by atoms with van der Waals surface area (Å²) in [5, 5.41) is 0.725. The van der Waals surface area contributed by atoms with Crippen LogP contribution in [0.15, 0.2) is 18.2 Å². The van der Waals surface area contributed by atoms with E-state index in [4.69, 9.17) is 23.2 Å². The lowest BCUT2D eigenvalue weighted by Gasteiger charge is -2.37. The smallest absolute Gasteiger partial charge is 0.254 e. The van der Waals surface area contributed by atoms with Crippen LogP contribution in [-0.4, -0.2) is 95.7 Å². The van der Waals surface area contributed by atoms with Crippen molar-refractivity contribution in [3.8, 4) is 0 Å². The summed E-state index contributed by atoms with van der Waals surface area (Å²) in [4.78, 5) is 46.1. The number of amides is 3. The predicted molar refractivity (Wildman–Crippen MR) is 119 cm³/mol. The van der Waals surface area contributed by atoms with Crippen molar-refractivity contribution >= 4 is 40.9 Å². The van der Waals surface area contributed by atoms with E-state index in [0.717, 1.165) is 32.4 Å². The Bertz CT molecular complexity index is 851. The van der Waals surface area contributed by atoms with Crippen molar-refractivity contribution in [3.05, 3.63) is 33.8 Å². The fraction of sp³-hybridized carbons (Fsp3) is 0.591. The monoisotopic (exact) mass is 466 g/mol. The Kier molecular flexibility index (Phi) is 7.04. The minimum atomic E-state index is -0.445. The van der Waals surface area contributed by atoms with Crippen LogP contribution in [0, 0.1) is 0 Å². The van der Waals surface area contributed by atoms with E-state index in [0.29, 0.717) is 61.3 Å². The van der Waals surface area contributed by atoms with E-state index >= 15 is 0 Å². The van der Waals surface area contributed by atoms with Crippen molar-refractivity contribution in [3.63, 3.8) is 0 Å². The molecule has 0 N–H and O–H groups in total. The number of hydrogen-bond donors (Lipinski definition) is 0. The van der Waals surface area contributed by atoms with Crippen LogP contribution < -0.4 is 0 Å². The molecule has 1 aromatic rings. The molecule has 3 amide bonds. The van der Waals surface area contributed by atoms with Crippen molar-refractivity contribution < 1.29 is 14.4 Å². The third-order valence-electron chi connectivity index (χ3n) is 6.47. The maximum Gasteiger partial charge on any atom is 0.254 e. The molecule has 3 heterocycles. The van der Waals surface area contributed by atoms with Crippen molar-refractivity contribution in [2.75, 3.05) is 52.4 Å². The van der Waals surface area contributed by atoms with Crippen LogP contribution in [0.5, 0.6) is 0 Å². The van der Waals surface area contributed by atoms with Crippen LogP contribution in [0.3, 0.4) is 0 Å². The van der Waals surface area contributed by atoms with Gasteiger partial charge in [0.05, 0.1) is 16.6 Å². The van der Waals surface area contributed by atoms with Gasteiger partial charge in [0.1, 0.15) is 6.04 Å². The Balaban J connectivity index is 1.33. The Labute approximate surface area is 192 Å². The maximum atomic E-state index is 13.2. The van der Waals surface area contributed by atoms with E-state index in [9.17, 15) is 14.4 Å². The first-order chi connectivity index (χ1) is 14.9. The average molecular weight is 467 g/mol. The minimum absolute atomic E-state index is 0.00331. The molecule has 0 radical (unpaired) electrons. The standard InChI is InChI=1S/C22H28Cl2N4O3/c23-17-6-5-16(14-18(17)24)21(30)28-9-3-4-19(28)22(31)27-12-10-25(11-13-27)15-20(29)26-7-1-2-8-26/h5-6,14,19H,1-4,7-13,15H2. The quantitative estimate of drug-likeness (QED) is 0.682. The molecule has 0 bridgehead atoms. The number of likely N-dealkylation sites (tertiary alicyclic amines) is 2. The van der Waals surface area contributed by atoms with E-state index < -0.39 is 6.04 Å². The van der Waals surface area contributed by atoms with Crippen molar-refractivity contribution in [1.29, 1.82) is 0 Å². The topological polar surface area (TPSA) is 64.2 Å². The molecular formula is C22H28Cl2N4O3. The molecular weight excluding hydrogens is 439 g/mol. The van der Waals surface area contributed by atoms with Gasteiger partial charge < -0.3 is 14.7 Å². The van der Waals surface area contributed by atoms with Gasteiger partial charge in [-0.3, -0.25) is 19.3 Å². The summed E-state index contributed by atoms with van der Waals surface area (Å²) >= 11 is 12.0. The Morgan fingerprint density at radius 1 is 0.839 bits per heavy atom. The number of benzene rings is 1. The lowest BCUT2D eigenvalue weighted by atomic mass is 10.1. The van der Waals surface area contributed by atoms with Gasteiger partial charge in [-0.1, -0.05) is 23.2 Å². The molecule has 1 unspecified atom stereocenters. The Morgan fingerprint density at radius 2 is 1.55 bits per heavy atom. The zero-order valence-electron chi connectivity index (χ0n) is 17.6. The lowest BCUT2D eigenvalue weighted by molar-refractivity contribution is -0.137. The second-order valence-corrected chi connectivity index (χ2v) is 9.29. The Morgan fingerprint density at radius 3 is 2.23 bits per heavy atom. The molecule has 7 nitrogen and oxygen atoms in total. The fourth-order valence-electron chi connectivity index (χ4n) is 4.66. The molecule has 3 aliphatic rings. The highest BCUT2D eigenvalue weighted by atomic mass is 35.5. The molecule has 4 rings (SSSR count). The SMILES string of the molecule is O=C(CN1CCN(C(=O)C2CCCN2C(=O)c2ccc(Cl)c(Cl)c2)CC1)N1CCCC1. The summed E-state index contributed by atoms with van der Waals surface area (Å²) in [6.07, 6.45) is 3.65. The number of piperazine rings is 1. The van der Waals surface area contributed by atoms with Gasteiger partial charge in [0.2, 0.25) is 11.8 Å². The van der Waals surface area contributed by atoms with Gasteiger partial charge in [0, 0.05) is 51.4 Å². The summed E-state index contributed by atoms with van der Waals surface area (Å²) in [5.41, 5.74) is 0.444. The van der Waals surface area contributed by atoms with Crippen molar-refractivity contribution in [2.24, 2.45) is 0 Å². The van der Waals surface area contributed by atoms with E-state index in [1.54, 1.807) is 23.1 Å². The minimum Gasteiger partial charge on any atom is -0.342 e. The largest absolute Gasteiger partial charge is 0.342 e. The van der Waals surface area contributed by atoms with Crippen LogP contribution >= 0.6 is 23.2 Å². The molecule has 0 spiro atoms. The number of carbonyl (C=O) groups excluding carboxylic acids is 3. The third-order valence-corrected chi connectivity index (χ3v) is 7.21. The number of carbonyl (C=O) groups is 3. The number of hydrogen-bond acceptors (Lipinski definition) is 4. The van der Waals surface area contributed by atoms with Gasteiger partial charge in [-0.2, -0.15) is 0 Å². The molecule has 3 fully saturated rings. The number of rotatable bonds is 4. The van der Waals surface area contributed by atoms with E-state index in [2.05, 4.69) is 4.90 Å². The summed E-state index contributed by atoms with van der Waals surface area (Å²) in [6, 6.07) is 4.36. The number of halogens is 2. The average Bonchev–Trinajstić information content (AvgIpc) is 3.47. The van der Waals surface area contributed by atoms with Crippen LogP contribution in [-0.2, 0) is 9.59 Å². The second kappa shape index (κ2) is 9.76. The molecule has 0 aromatic heterocycles. The van der Waals surface area contributed by atoms with Crippen molar-refractivity contribution in [1.82, 2.24) is 19.6 Å². The molecule has 168 valence electrons. The molecule has 1 atom stereocenters. The second-order valence-electron chi connectivity index (χ2n) is 8.47. The van der Waals surface area contributed by atoms with Gasteiger partial charge >= 0.3 is 0 Å². The summed E-state index contributed by atoms with van der Waals surface area (Å²) in [7, 11) is 0. The lowest BCUT2D eigenvalue weighted by Crippen LogP contribution is -2.55. The first-order valence-electron chi connectivity index (χ1n) is 11.0. The number of nitrogens with zero attached hydrogens (tertiary/aromatic N) is 4. The Hall–Kier alpha value is -1.83. The molecule has 9 heteroatoms. The summed E-state index contributed by atoms with van der Waals surface area (Å²) in [6.45, 7) is 5.23. The highest BCUT2D eigenvalue weighted by molar-refractivity contribution is 6.42. The van der Waals surface area contributed by atoms with Gasteiger partial charge in [-0.15, -0.1) is 0 Å². The summed E-state index contributed by atoms with van der Waals surface area (Å²) < 4.78 is 0. The maximum absolute atomic E-state index is 13.2. The van der Waals surface area contributed by atoms with Crippen LogP contribution in [0.25, 0.3) is 0 Å². The highest BCUT2D eigenvalue weighted by Crippen LogP contribution is 2.26. The first kappa shape index (κ1) is 22.4. The normalized spacial score (nSPS) is 22.3. The van der Waals surface area contributed by atoms with Gasteiger partial charge in [0.25, 0.3) is 5.91 Å². The van der Waals surface area contributed by atoms with Gasteiger partial charge in [0.15, 0.2) is 0 Å². The molecule has 3 saturated heterocycles. The summed E-state index contributed by atoms with van der Waals surface area (Å²) in [5.74, 6) is -0.00726. The molecule has 31 heavy (non-hydrogen) atoms. The van der Waals surface area contributed by atoms with E-state index in [-0.39, 0.29) is 17.7 Å². The molecule has 0 aliphatic carbocycles. The van der Waals surface area contributed by atoms with Crippen LogP contribution in [0.1, 0.15) is 36.0 Å². The van der Waals surface area contributed by atoms with E-state index in [1.165, 1.54) is 0 Å². The highest BCUT2D eigenvalue weighted by Gasteiger charge is 2.38. The van der Waals surface area contributed by atoms with Gasteiger partial charge in [-0.25, -0.2) is 0 Å². The molecule has 1 aromatic carbocycles. The molecule has 0 saturated carbocycles. The molecule has 3 aliphatic heterocycles. The zero-order chi connectivity index (χ0) is 22.0. The van der Waals surface area contributed by atoms with Crippen LogP contribution in [0.2, 0.25) is 10.0 Å². The predicted octanol–water partition coefficient (Wildman–Crippen LogP) is 2.36. The first-order valence-corrected chi connectivity index (χ1v) is 11.7. The third kappa shape index (κ3) is 4.99.